The Balaban J connectivity index is 1.83. The highest BCUT2D eigenvalue weighted by atomic mass is 16.2. The van der Waals surface area contributed by atoms with E-state index in [1.165, 1.54) is 5.56 Å². The Bertz CT molecular complexity index is 804. The van der Waals surface area contributed by atoms with Crippen LogP contribution in [0.4, 0.5) is 0 Å². The van der Waals surface area contributed by atoms with Crippen molar-refractivity contribution in [2.75, 3.05) is 27.2 Å². The number of hydrogen-bond acceptors (Lipinski definition) is 3. The van der Waals surface area contributed by atoms with E-state index in [1.54, 1.807) is 12.1 Å². The average Bonchev–Trinajstić information content (AvgIpc) is 2.69. The van der Waals surface area contributed by atoms with E-state index in [9.17, 15) is 9.59 Å². The van der Waals surface area contributed by atoms with Gasteiger partial charge in [0.25, 0.3) is 11.8 Å². The Kier molecular flexibility index (Phi) is 7.97. The van der Waals surface area contributed by atoms with Gasteiger partial charge in [0.2, 0.25) is 0 Å². The molecule has 0 fully saturated rings. The molecular weight excluding hydrogens is 362 g/mol. The first-order valence-corrected chi connectivity index (χ1v) is 10.1. The van der Waals surface area contributed by atoms with E-state index in [4.69, 9.17) is 0 Å². The van der Waals surface area contributed by atoms with Crippen LogP contribution in [0.5, 0.6) is 0 Å². The molecule has 5 nitrogen and oxygen atoms in total. The molecule has 2 amide bonds. The first-order valence-electron chi connectivity index (χ1n) is 10.1. The Labute approximate surface area is 174 Å². The van der Waals surface area contributed by atoms with Crippen LogP contribution in [-0.4, -0.2) is 43.9 Å². The molecule has 0 heterocycles. The summed E-state index contributed by atoms with van der Waals surface area (Å²) in [4.78, 5) is 26.6. The molecule has 2 N–H and O–H groups in total. The third-order valence-corrected chi connectivity index (χ3v) is 4.75. The summed E-state index contributed by atoms with van der Waals surface area (Å²) >= 11 is 0. The van der Waals surface area contributed by atoms with Gasteiger partial charge in [0, 0.05) is 24.2 Å². The first-order chi connectivity index (χ1) is 13.7. The Morgan fingerprint density at radius 3 is 1.86 bits per heavy atom. The lowest BCUT2D eigenvalue weighted by Crippen LogP contribution is -2.27. The minimum absolute atomic E-state index is 0.0649. The predicted octanol–water partition coefficient (Wildman–Crippen LogP) is 3.60. The van der Waals surface area contributed by atoms with Gasteiger partial charge in [-0.3, -0.25) is 9.59 Å². The van der Waals surface area contributed by atoms with Crippen LogP contribution in [0.25, 0.3) is 0 Å². The van der Waals surface area contributed by atoms with Crippen molar-refractivity contribution in [1.29, 1.82) is 0 Å². The molecule has 2 rings (SSSR count). The van der Waals surface area contributed by atoms with Crippen LogP contribution in [0.3, 0.4) is 0 Å². The number of hydrogen-bond donors (Lipinski definition) is 2. The molecule has 0 aliphatic carbocycles. The lowest BCUT2D eigenvalue weighted by molar-refractivity contribution is 0.0942. The lowest BCUT2D eigenvalue weighted by Gasteiger charge is -2.19. The minimum Gasteiger partial charge on any atom is -0.352 e. The molecule has 0 spiro atoms. The number of carbonyl (C=O) groups is 2. The SMILES string of the molecule is CN(C)CCCNC(=O)c1ccc(CNC(=O)c2ccc(C(C)(C)C)cc2)cc1. The van der Waals surface area contributed by atoms with Crippen LogP contribution in [0.1, 0.15) is 59.0 Å². The van der Waals surface area contributed by atoms with Gasteiger partial charge in [0.15, 0.2) is 0 Å². The molecule has 0 saturated heterocycles. The molecule has 156 valence electrons. The molecule has 5 heteroatoms. The van der Waals surface area contributed by atoms with Gasteiger partial charge >= 0.3 is 0 Å². The zero-order chi connectivity index (χ0) is 21.4. The molecule has 0 aliphatic rings. The molecular formula is C24H33N3O2. The summed E-state index contributed by atoms with van der Waals surface area (Å²) in [6, 6.07) is 15.1. The predicted molar refractivity (Wildman–Crippen MR) is 118 cm³/mol. The molecule has 2 aromatic rings. The fourth-order valence-corrected chi connectivity index (χ4v) is 2.88. The van der Waals surface area contributed by atoms with Gasteiger partial charge < -0.3 is 15.5 Å². The van der Waals surface area contributed by atoms with Gasteiger partial charge in [-0.15, -0.1) is 0 Å². The number of benzene rings is 2. The fourth-order valence-electron chi connectivity index (χ4n) is 2.88. The smallest absolute Gasteiger partial charge is 0.251 e. The highest BCUT2D eigenvalue weighted by molar-refractivity contribution is 5.95. The van der Waals surface area contributed by atoms with Crippen LogP contribution in [0.15, 0.2) is 48.5 Å². The average molecular weight is 396 g/mol. The zero-order valence-corrected chi connectivity index (χ0v) is 18.2. The van der Waals surface area contributed by atoms with Crippen LogP contribution in [-0.2, 0) is 12.0 Å². The molecule has 29 heavy (non-hydrogen) atoms. The summed E-state index contributed by atoms with van der Waals surface area (Å²) in [5.41, 5.74) is 3.49. The van der Waals surface area contributed by atoms with Crippen molar-refractivity contribution in [2.24, 2.45) is 0 Å². The lowest BCUT2D eigenvalue weighted by atomic mass is 9.87. The number of nitrogens with zero attached hydrogens (tertiary/aromatic N) is 1. The molecule has 0 saturated carbocycles. The van der Waals surface area contributed by atoms with Gasteiger partial charge in [0.1, 0.15) is 0 Å². The number of rotatable bonds is 8. The van der Waals surface area contributed by atoms with E-state index in [1.807, 2.05) is 50.5 Å². The van der Waals surface area contributed by atoms with E-state index < -0.39 is 0 Å². The zero-order valence-electron chi connectivity index (χ0n) is 18.2. The van der Waals surface area contributed by atoms with Crippen molar-refractivity contribution in [3.8, 4) is 0 Å². The summed E-state index contributed by atoms with van der Waals surface area (Å²) in [5.74, 6) is -0.175. The van der Waals surface area contributed by atoms with Crippen LogP contribution in [0, 0.1) is 0 Å². The minimum atomic E-state index is -0.104. The van der Waals surface area contributed by atoms with Gasteiger partial charge in [-0.1, -0.05) is 45.0 Å². The summed E-state index contributed by atoms with van der Waals surface area (Å²) in [5, 5.41) is 5.86. The number of amides is 2. The monoisotopic (exact) mass is 395 g/mol. The third-order valence-electron chi connectivity index (χ3n) is 4.75. The molecule has 0 bridgehead atoms. The largest absolute Gasteiger partial charge is 0.352 e. The Morgan fingerprint density at radius 2 is 1.34 bits per heavy atom. The molecule has 0 atom stereocenters. The second-order valence-corrected chi connectivity index (χ2v) is 8.62. The van der Waals surface area contributed by atoms with Gasteiger partial charge in [0.05, 0.1) is 0 Å². The molecule has 2 aromatic carbocycles. The summed E-state index contributed by atoms with van der Waals surface area (Å²) in [7, 11) is 4.03. The number of nitrogens with one attached hydrogen (secondary N) is 2. The Hall–Kier alpha value is -2.66. The van der Waals surface area contributed by atoms with E-state index in [0.29, 0.717) is 24.2 Å². The van der Waals surface area contributed by atoms with Gasteiger partial charge in [-0.2, -0.15) is 0 Å². The Morgan fingerprint density at radius 1 is 0.828 bits per heavy atom. The second kappa shape index (κ2) is 10.2. The van der Waals surface area contributed by atoms with Crippen molar-refractivity contribution in [3.63, 3.8) is 0 Å². The highest BCUT2D eigenvalue weighted by Crippen LogP contribution is 2.22. The van der Waals surface area contributed by atoms with Crippen molar-refractivity contribution < 1.29 is 9.59 Å². The summed E-state index contributed by atoms with van der Waals surface area (Å²) in [6.45, 7) is 8.46. The molecule has 0 unspecified atom stereocenters. The quantitative estimate of drug-likeness (QED) is 0.672. The normalized spacial score (nSPS) is 11.4. The fraction of sp³-hybridized carbons (Fsp3) is 0.417. The van der Waals surface area contributed by atoms with E-state index in [-0.39, 0.29) is 17.2 Å². The molecule has 0 aliphatic heterocycles. The third kappa shape index (κ3) is 7.35. The van der Waals surface area contributed by atoms with Crippen molar-refractivity contribution in [2.45, 2.75) is 39.2 Å². The highest BCUT2D eigenvalue weighted by Gasteiger charge is 2.14. The molecule has 0 radical (unpaired) electrons. The van der Waals surface area contributed by atoms with Crippen molar-refractivity contribution in [1.82, 2.24) is 15.5 Å². The maximum atomic E-state index is 12.4. The van der Waals surface area contributed by atoms with Gasteiger partial charge in [-0.05, 0) is 67.9 Å². The van der Waals surface area contributed by atoms with Crippen LogP contribution in [0.2, 0.25) is 0 Å². The van der Waals surface area contributed by atoms with E-state index in [0.717, 1.165) is 18.5 Å². The van der Waals surface area contributed by atoms with E-state index in [2.05, 4.69) is 36.3 Å². The number of carbonyl (C=O) groups excluding carboxylic acids is 2. The van der Waals surface area contributed by atoms with Crippen LogP contribution < -0.4 is 10.6 Å². The first kappa shape index (κ1) is 22.6. The summed E-state index contributed by atoms with van der Waals surface area (Å²) < 4.78 is 0. The topological polar surface area (TPSA) is 61.4 Å². The molecule has 0 aromatic heterocycles. The second-order valence-electron chi connectivity index (χ2n) is 8.62. The van der Waals surface area contributed by atoms with Gasteiger partial charge in [-0.25, -0.2) is 0 Å². The van der Waals surface area contributed by atoms with E-state index >= 15 is 0 Å². The van der Waals surface area contributed by atoms with Crippen molar-refractivity contribution >= 4 is 11.8 Å². The van der Waals surface area contributed by atoms with Crippen molar-refractivity contribution in [3.05, 3.63) is 70.8 Å². The maximum Gasteiger partial charge on any atom is 0.251 e. The maximum absolute atomic E-state index is 12.4. The standard InChI is InChI=1S/C24H33N3O2/c1-24(2,3)21-13-11-20(12-14-21)23(29)26-17-18-7-9-19(10-8-18)22(28)25-15-6-16-27(4)5/h7-14H,6,15-17H2,1-5H3,(H,25,28)(H,26,29). The summed E-state index contributed by atoms with van der Waals surface area (Å²) in [6.07, 6.45) is 0.916. The van der Waals surface area contributed by atoms with Crippen LogP contribution >= 0.6 is 0 Å².